The van der Waals surface area contributed by atoms with Gasteiger partial charge in [0.05, 0.1) is 19.3 Å². The van der Waals surface area contributed by atoms with E-state index in [2.05, 4.69) is 18.0 Å². The third kappa shape index (κ3) is 2.81. The van der Waals surface area contributed by atoms with Crippen LogP contribution in [-0.4, -0.2) is 38.3 Å². The van der Waals surface area contributed by atoms with Gasteiger partial charge >= 0.3 is 0 Å². The lowest BCUT2D eigenvalue weighted by Gasteiger charge is -2.23. The molecule has 96 valence electrons. The zero-order valence-electron chi connectivity index (χ0n) is 10.8. The molecule has 1 heterocycles. The van der Waals surface area contributed by atoms with E-state index < -0.39 is 0 Å². The average Bonchev–Trinajstić information content (AvgIpc) is 2.92. The van der Waals surface area contributed by atoms with Crippen LogP contribution in [0, 0.1) is 11.3 Å². The summed E-state index contributed by atoms with van der Waals surface area (Å²) in [4.78, 5) is 2.27. The van der Waals surface area contributed by atoms with E-state index in [1.165, 1.54) is 0 Å². The molecule has 1 atom stereocenters. The van der Waals surface area contributed by atoms with Crippen molar-refractivity contribution >= 4 is 0 Å². The van der Waals surface area contributed by atoms with Crippen LogP contribution < -0.4 is 4.74 Å². The van der Waals surface area contributed by atoms with E-state index in [0.29, 0.717) is 17.4 Å². The lowest BCUT2D eigenvalue weighted by molar-refractivity contribution is 0.156. The Kier molecular flexibility index (Phi) is 4.19. The van der Waals surface area contributed by atoms with Crippen molar-refractivity contribution in [2.45, 2.75) is 19.0 Å². The number of ether oxygens (including phenoxy) is 2. The van der Waals surface area contributed by atoms with Gasteiger partial charge in [0.25, 0.3) is 0 Å². The lowest BCUT2D eigenvalue weighted by atomic mass is 10.1. The Labute approximate surface area is 108 Å². The van der Waals surface area contributed by atoms with Crippen LogP contribution >= 0.6 is 0 Å². The minimum atomic E-state index is 0.484. The normalized spacial score (nSPS) is 18.9. The third-order valence-corrected chi connectivity index (χ3v) is 3.35. The molecule has 0 amide bonds. The Morgan fingerprint density at radius 3 is 3.00 bits per heavy atom. The van der Waals surface area contributed by atoms with Gasteiger partial charge in [-0.15, -0.1) is 0 Å². The van der Waals surface area contributed by atoms with Gasteiger partial charge in [-0.05, 0) is 31.2 Å². The molecular weight excluding hydrogens is 228 g/mol. The van der Waals surface area contributed by atoms with Crippen LogP contribution in [0.4, 0.5) is 0 Å². The number of rotatable bonds is 4. The van der Waals surface area contributed by atoms with Crippen LogP contribution in [0.15, 0.2) is 18.2 Å². The average molecular weight is 246 g/mol. The summed E-state index contributed by atoms with van der Waals surface area (Å²) in [5, 5.41) is 9.06. The molecule has 0 saturated carbocycles. The van der Waals surface area contributed by atoms with Crippen LogP contribution in [0.3, 0.4) is 0 Å². The van der Waals surface area contributed by atoms with Crippen molar-refractivity contribution < 1.29 is 9.47 Å². The maximum atomic E-state index is 9.06. The van der Waals surface area contributed by atoms with Crippen LogP contribution in [0.2, 0.25) is 0 Å². The minimum Gasteiger partial charge on any atom is -0.495 e. The summed E-state index contributed by atoms with van der Waals surface area (Å²) in [6, 6.07) is 8.40. The summed E-state index contributed by atoms with van der Waals surface area (Å²) in [7, 11) is 3.67. The number of hydrogen-bond donors (Lipinski definition) is 0. The molecule has 2 rings (SSSR count). The highest BCUT2D eigenvalue weighted by Gasteiger charge is 2.20. The zero-order chi connectivity index (χ0) is 13.0. The fourth-order valence-corrected chi connectivity index (χ4v) is 2.23. The SMILES string of the molecule is COc1ccc(CN(C)C2CCOC2)cc1C#N. The third-order valence-electron chi connectivity index (χ3n) is 3.35. The number of benzene rings is 1. The van der Waals surface area contributed by atoms with Crippen molar-refractivity contribution in [1.29, 1.82) is 5.26 Å². The van der Waals surface area contributed by atoms with Crippen molar-refractivity contribution in [3.63, 3.8) is 0 Å². The van der Waals surface area contributed by atoms with Crippen molar-refractivity contribution in [1.82, 2.24) is 4.90 Å². The van der Waals surface area contributed by atoms with E-state index in [0.717, 1.165) is 31.7 Å². The molecule has 0 bridgehead atoms. The van der Waals surface area contributed by atoms with E-state index >= 15 is 0 Å². The van der Waals surface area contributed by atoms with Crippen molar-refractivity contribution in [2.75, 3.05) is 27.4 Å². The molecule has 0 spiro atoms. The molecule has 0 aromatic heterocycles. The Bertz CT molecular complexity index is 448. The van der Waals surface area contributed by atoms with Gasteiger partial charge in [0.15, 0.2) is 0 Å². The van der Waals surface area contributed by atoms with Gasteiger partial charge in [0.1, 0.15) is 11.8 Å². The molecule has 0 N–H and O–H groups in total. The van der Waals surface area contributed by atoms with E-state index in [1.54, 1.807) is 7.11 Å². The Morgan fingerprint density at radius 2 is 2.39 bits per heavy atom. The van der Waals surface area contributed by atoms with Crippen LogP contribution in [0.5, 0.6) is 5.75 Å². The highest BCUT2D eigenvalue weighted by molar-refractivity contribution is 5.45. The standard InChI is InChI=1S/C14H18N2O2/c1-16(13-5-6-18-10-13)9-11-3-4-14(17-2)12(7-11)8-15/h3-4,7,13H,5-6,9-10H2,1-2H3. The maximum absolute atomic E-state index is 9.06. The second-order valence-electron chi connectivity index (χ2n) is 4.58. The van der Waals surface area contributed by atoms with Crippen LogP contribution in [0.25, 0.3) is 0 Å². The van der Waals surface area contributed by atoms with Gasteiger partial charge in [-0.3, -0.25) is 4.90 Å². The van der Waals surface area contributed by atoms with E-state index in [1.807, 2.05) is 18.2 Å². The Balaban J connectivity index is 2.07. The molecule has 1 aliphatic rings. The number of nitrogens with zero attached hydrogens (tertiary/aromatic N) is 2. The molecular formula is C14H18N2O2. The number of nitriles is 1. The van der Waals surface area contributed by atoms with Crippen molar-refractivity contribution in [2.24, 2.45) is 0 Å². The monoisotopic (exact) mass is 246 g/mol. The van der Waals surface area contributed by atoms with E-state index in [4.69, 9.17) is 14.7 Å². The first-order valence-electron chi connectivity index (χ1n) is 6.09. The molecule has 1 aromatic carbocycles. The van der Waals surface area contributed by atoms with E-state index in [9.17, 15) is 0 Å². The molecule has 0 radical (unpaired) electrons. The zero-order valence-corrected chi connectivity index (χ0v) is 10.8. The van der Waals surface area contributed by atoms with Crippen LogP contribution in [-0.2, 0) is 11.3 Å². The van der Waals surface area contributed by atoms with Gasteiger partial charge in [-0.25, -0.2) is 0 Å². The second kappa shape index (κ2) is 5.85. The predicted molar refractivity (Wildman–Crippen MR) is 68.4 cm³/mol. The summed E-state index contributed by atoms with van der Waals surface area (Å²) in [5.41, 5.74) is 1.72. The summed E-state index contributed by atoms with van der Waals surface area (Å²) in [6.45, 7) is 2.48. The molecule has 1 saturated heterocycles. The summed E-state index contributed by atoms with van der Waals surface area (Å²) >= 11 is 0. The molecule has 1 unspecified atom stereocenters. The van der Waals surface area contributed by atoms with Crippen LogP contribution in [0.1, 0.15) is 17.5 Å². The van der Waals surface area contributed by atoms with Crippen molar-refractivity contribution in [3.8, 4) is 11.8 Å². The largest absolute Gasteiger partial charge is 0.495 e. The fourth-order valence-electron chi connectivity index (χ4n) is 2.23. The first-order chi connectivity index (χ1) is 8.74. The highest BCUT2D eigenvalue weighted by Crippen LogP contribution is 2.21. The van der Waals surface area contributed by atoms with E-state index in [-0.39, 0.29) is 0 Å². The van der Waals surface area contributed by atoms with Gasteiger partial charge in [-0.2, -0.15) is 5.26 Å². The second-order valence-corrected chi connectivity index (χ2v) is 4.58. The Hall–Kier alpha value is -1.57. The molecule has 0 aliphatic carbocycles. The van der Waals surface area contributed by atoms with Gasteiger partial charge in [-0.1, -0.05) is 6.07 Å². The predicted octanol–water partition coefficient (Wildman–Crippen LogP) is 1.79. The highest BCUT2D eigenvalue weighted by atomic mass is 16.5. The summed E-state index contributed by atoms with van der Waals surface area (Å²) in [6.07, 6.45) is 1.08. The number of methoxy groups -OCH3 is 1. The topological polar surface area (TPSA) is 45.5 Å². The molecule has 1 aromatic rings. The van der Waals surface area contributed by atoms with Gasteiger partial charge in [0, 0.05) is 19.2 Å². The molecule has 1 aliphatic heterocycles. The molecule has 18 heavy (non-hydrogen) atoms. The van der Waals surface area contributed by atoms with Gasteiger partial charge < -0.3 is 9.47 Å². The fraction of sp³-hybridized carbons (Fsp3) is 0.500. The molecule has 4 heteroatoms. The summed E-state index contributed by atoms with van der Waals surface area (Å²) in [5.74, 6) is 0.633. The molecule has 4 nitrogen and oxygen atoms in total. The van der Waals surface area contributed by atoms with Crippen molar-refractivity contribution in [3.05, 3.63) is 29.3 Å². The molecule has 1 fully saturated rings. The smallest absolute Gasteiger partial charge is 0.136 e. The minimum absolute atomic E-state index is 0.484. The van der Waals surface area contributed by atoms with Gasteiger partial charge in [0.2, 0.25) is 0 Å². The quantitative estimate of drug-likeness (QED) is 0.812. The lowest BCUT2D eigenvalue weighted by Crippen LogP contribution is -2.31. The maximum Gasteiger partial charge on any atom is 0.136 e. The first kappa shape index (κ1) is 12.9. The Morgan fingerprint density at radius 1 is 1.56 bits per heavy atom. The summed E-state index contributed by atoms with van der Waals surface area (Å²) < 4.78 is 10.5. The number of hydrogen-bond acceptors (Lipinski definition) is 4. The first-order valence-corrected chi connectivity index (χ1v) is 6.09. The number of likely N-dealkylation sites (N-methyl/N-ethyl adjacent to an activating group) is 1.